The van der Waals surface area contributed by atoms with Crippen LogP contribution in [0.25, 0.3) is 0 Å². The maximum Gasteiger partial charge on any atom is 0.273 e. The van der Waals surface area contributed by atoms with E-state index in [0.717, 1.165) is 12.8 Å². The molecule has 1 aromatic heterocycles. The molecule has 1 aromatic rings. The smallest absolute Gasteiger partial charge is 0.273 e. The maximum absolute atomic E-state index is 11.8. The van der Waals surface area contributed by atoms with Crippen LogP contribution in [0.2, 0.25) is 0 Å². The number of carbonyl (C=O) groups is 1. The Balaban J connectivity index is 2.08. The summed E-state index contributed by atoms with van der Waals surface area (Å²) in [5, 5.41) is 10.4. The normalized spacial score (nSPS) is 15.8. The number of hydrogen-bond donors (Lipinski definition) is 3. The van der Waals surface area contributed by atoms with Gasteiger partial charge in [-0.2, -0.15) is 0 Å². The number of amides is 1. The third kappa shape index (κ3) is 2.87. The first-order chi connectivity index (χ1) is 8.59. The summed E-state index contributed by atoms with van der Waals surface area (Å²) in [5.74, 6) is -0.361. The van der Waals surface area contributed by atoms with Crippen LogP contribution in [0.15, 0.2) is 35.3 Å². The number of carbonyl (C=O) groups excluding carboxylic acids is 1. The van der Waals surface area contributed by atoms with E-state index >= 15 is 0 Å². The molecule has 1 fully saturated rings. The summed E-state index contributed by atoms with van der Waals surface area (Å²) in [7, 11) is 0. The van der Waals surface area contributed by atoms with Gasteiger partial charge in [0.25, 0.3) is 5.91 Å². The van der Waals surface area contributed by atoms with Crippen LogP contribution < -0.4 is 11.1 Å². The average molecular weight is 265 g/mol. The molecular weight excluding hydrogens is 252 g/mol. The summed E-state index contributed by atoms with van der Waals surface area (Å²) in [6.07, 6.45) is 4.98. The van der Waals surface area contributed by atoms with E-state index in [1.165, 1.54) is 6.20 Å². The molecule has 0 aliphatic heterocycles. The number of aromatic nitrogens is 1. The lowest BCUT2D eigenvalue weighted by molar-refractivity contribution is -0.112. The molecule has 0 spiro atoms. The second-order valence-corrected chi connectivity index (χ2v) is 4.49. The second kappa shape index (κ2) is 5.18. The van der Waals surface area contributed by atoms with Crippen LogP contribution in [-0.2, 0) is 4.79 Å². The number of allylic oxidation sites excluding steroid dienone is 1. The van der Waals surface area contributed by atoms with Gasteiger partial charge < -0.3 is 16.5 Å². The highest BCUT2D eigenvalue weighted by atomic mass is 35.5. The van der Waals surface area contributed by atoms with Crippen molar-refractivity contribution < 1.29 is 4.79 Å². The van der Waals surface area contributed by atoms with Gasteiger partial charge in [-0.15, -0.1) is 0 Å². The number of hydrogen-bond acceptors (Lipinski definition) is 4. The van der Waals surface area contributed by atoms with Gasteiger partial charge in [-0.1, -0.05) is 11.6 Å². The molecule has 0 bridgehead atoms. The van der Waals surface area contributed by atoms with Gasteiger partial charge in [-0.3, -0.25) is 9.78 Å². The Morgan fingerprint density at radius 1 is 1.56 bits per heavy atom. The Kier molecular flexibility index (Phi) is 3.62. The Labute approximate surface area is 110 Å². The quantitative estimate of drug-likeness (QED) is 0.572. The fraction of sp³-hybridized carbons (Fsp3) is 0.250. The Morgan fingerprint density at radius 3 is 2.83 bits per heavy atom. The van der Waals surface area contributed by atoms with Gasteiger partial charge in [-0.25, -0.2) is 0 Å². The molecule has 6 heteroatoms. The minimum absolute atomic E-state index is 0.0406. The van der Waals surface area contributed by atoms with E-state index in [1.807, 2.05) is 0 Å². The topological polar surface area (TPSA) is 91.9 Å². The second-order valence-electron chi connectivity index (χ2n) is 4.11. The first-order valence-electron chi connectivity index (χ1n) is 5.55. The molecule has 4 N–H and O–H groups in total. The van der Waals surface area contributed by atoms with Gasteiger partial charge in [0.2, 0.25) is 0 Å². The van der Waals surface area contributed by atoms with Gasteiger partial charge in [0.15, 0.2) is 0 Å². The Bertz CT molecular complexity index is 508. The summed E-state index contributed by atoms with van der Waals surface area (Å²) in [5.41, 5.74) is 6.30. The van der Waals surface area contributed by atoms with Crippen molar-refractivity contribution in [1.82, 2.24) is 4.98 Å². The number of halogens is 1. The minimum atomic E-state index is -0.515. The number of pyridine rings is 1. The lowest BCUT2D eigenvalue weighted by Gasteiger charge is -2.07. The first kappa shape index (κ1) is 12.6. The monoisotopic (exact) mass is 264 g/mol. The SMILES string of the molecule is N=C(/C(Cl)=C(\N)C(=O)Nc1cccnc1)C1CC1. The van der Waals surface area contributed by atoms with Crippen LogP contribution in [0, 0.1) is 11.3 Å². The summed E-state index contributed by atoms with van der Waals surface area (Å²) in [6.45, 7) is 0. The zero-order chi connectivity index (χ0) is 13.1. The molecule has 0 aromatic carbocycles. The Hall–Kier alpha value is -1.88. The molecule has 1 aliphatic carbocycles. The molecule has 0 atom stereocenters. The molecule has 1 amide bonds. The molecule has 0 saturated heterocycles. The molecule has 94 valence electrons. The van der Waals surface area contributed by atoms with Crippen LogP contribution in [0.4, 0.5) is 5.69 Å². The van der Waals surface area contributed by atoms with Crippen molar-refractivity contribution in [3.8, 4) is 0 Å². The molecule has 1 saturated carbocycles. The van der Waals surface area contributed by atoms with Crippen molar-refractivity contribution in [3.63, 3.8) is 0 Å². The third-order valence-corrected chi connectivity index (χ3v) is 3.03. The lowest BCUT2D eigenvalue weighted by atomic mass is 10.2. The van der Waals surface area contributed by atoms with Crippen LogP contribution in [0.5, 0.6) is 0 Å². The number of nitrogens with two attached hydrogens (primary N) is 1. The van der Waals surface area contributed by atoms with Crippen molar-refractivity contribution in [2.24, 2.45) is 11.7 Å². The van der Waals surface area contributed by atoms with Crippen molar-refractivity contribution in [2.75, 3.05) is 5.32 Å². The predicted octanol–water partition coefficient (Wildman–Crippen LogP) is 1.86. The van der Waals surface area contributed by atoms with Crippen LogP contribution in [0.3, 0.4) is 0 Å². The highest BCUT2D eigenvalue weighted by Gasteiger charge is 2.30. The zero-order valence-corrected chi connectivity index (χ0v) is 10.4. The standard InChI is InChI=1S/C12H13ClN4O/c13-9(10(14)7-3-4-7)11(15)12(18)17-8-2-1-5-16-6-8/h1-2,5-7,14H,3-4,15H2,(H,17,18)/b11-9+,14-10?. The molecular formula is C12H13ClN4O. The van der Waals surface area contributed by atoms with E-state index in [-0.39, 0.29) is 22.4 Å². The molecule has 18 heavy (non-hydrogen) atoms. The number of nitrogens with zero attached hydrogens (tertiary/aromatic N) is 1. The molecule has 5 nitrogen and oxygen atoms in total. The fourth-order valence-corrected chi connectivity index (χ4v) is 1.67. The fourth-order valence-electron chi connectivity index (χ4n) is 1.43. The minimum Gasteiger partial charge on any atom is -0.393 e. The molecule has 0 unspecified atom stereocenters. The molecule has 1 aliphatic rings. The number of rotatable bonds is 4. The highest BCUT2D eigenvalue weighted by Crippen LogP contribution is 2.34. The largest absolute Gasteiger partial charge is 0.393 e. The summed E-state index contributed by atoms with van der Waals surface area (Å²) in [4.78, 5) is 15.7. The van der Waals surface area contributed by atoms with E-state index < -0.39 is 5.91 Å². The average Bonchev–Trinajstić information content (AvgIpc) is 3.21. The summed E-state index contributed by atoms with van der Waals surface area (Å²) in [6, 6.07) is 3.39. The van der Waals surface area contributed by atoms with Crippen molar-refractivity contribution in [1.29, 1.82) is 5.41 Å². The van der Waals surface area contributed by atoms with E-state index in [1.54, 1.807) is 18.3 Å². The van der Waals surface area contributed by atoms with Gasteiger partial charge in [0.05, 0.1) is 22.6 Å². The maximum atomic E-state index is 11.8. The van der Waals surface area contributed by atoms with E-state index in [9.17, 15) is 4.79 Å². The van der Waals surface area contributed by atoms with Gasteiger partial charge in [-0.05, 0) is 25.0 Å². The zero-order valence-electron chi connectivity index (χ0n) is 9.61. The van der Waals surface area contributed by atoms with E-state index in [2.05, 4.69) is 10.3 Å². The van der Waals surface area contributed by atoms with Crippen molar-refractivity contribution in [3.05, 3.63) is 35.3 Å². The van der Waals surface area contributed by atoms with Gasteiger partial charge >= 0.3 is 0 Å². The first-order valence-corrected chi connectivity index (χ1v) is 5.93. The van der Waals surface area contributed by atoms with E-state index in [4.69, 9.17) is 22.7 Å². The Morgan fingerprint density at radius 2 is 2.28 bits per heavy atom. The van der Waals surface area contributed by atoms with E-state index in [0.29, 0.717) is 5.69 Å². The van der Waals surface area contributed by atoms with Crippen LogP contribution in [-0.4, -0.2) is 16.6 Å². The van der Waals surface area contributed by atoms with Crippen LogP contribution in [0.1, 0.15) is 12.8 Å². The third-order valence-electron chi connectivity index (χ3n) is 2.62. The number of nitrogens with one attached hydrogen (secondary N) is 2. The summed E-state index contributed by atoms with van der Waals surface area (Å²) >= 11 is 5.93. The van der Waals surface area contributed by atoms with Gasteiger partial charge in [0.1, 0.15) is 5.70 Å². The number of anilines is 1. The van der Waals surface area contributed by atoms with Crippen LogP contribution >= 0.6 is 11.6 Å². The van der Waals surface area contributed by atoms with Gasteiger partial charge in [0, 0.05) is 12.1 Å². The van der Waals surface area contributed by atoms with Crippen molar-refractivity contribution in [2.45, 2.75) is 12.8 Å². The predicted molar refractivity (Wildman–Crippen MR) is 70.4 cm³/mol. The molecule has 2 rings (SSSR count). The lowest BCUT2D eigenvalue weighted by Crippen LogP contribution is -2.23. The highest BCUT2D eigenvalue weighted by molar-refractivity contribution is 6.45. The van der Waals surface area contributed by atoms with Crippen molar-refractivity contribution >= 4 is 28.9 Å². The molecule has 0 radical (unpaired) electrons. The summed E-state index contributed by atoms with van der Waals surface area (Å²) < 4.78 is 0. The molecule has 1 heterocycles.